The van der Waals surface area contributed by atoms with Crippen LogP contribution in [0.4, 0.5) is 16.2 Å². The highest BCUT2D eigenvalue weighted by molar-refractivity contribution is 7.14. The molecular formula is C16H13ClN4O2S. The highest BCUT2D eigenvalue weighted by Crippen LogP contribution is 2.40. The molecule has 1 aliphatic rings. The first-order chi connectivity index (χ1) is 11.7. The molecular weight excluding hydrogens is 348 g/mol. The highest BCUT2D eigenvalue weighted by Gasteiger charge is 2.29. The molecule has 2 heterocycles. The Balaban J connectivity index is 1.47. The maximum atomic E-state index is 12.2. The summed E-state index contributed by atoms with van der Waals surface area (Å²) in [5.74, 6) is 1.61. The van der Waals surface area contributed by atoms with Crippen molar-refractivity contribution in [2.45, 2.75) is 18.8 Å². The van der Waals surface area contributed by atoms with Gasteiger partial charge < -0.3 is 15.2 Å². The number of amides is 2. The van der Waals surface area contributed by atoms with Gasteiger partial charge in [0.05, 0.1) is 5.69 Å². The molecule has 4 rings (SSSR count). The van der Waals surface area contributed by atoms with Crippen LogP contribution in [0.25, 0.3) is 10.8 Å². The Morgan fingerprint density at radius 2 is 2.00 bits per heavy atom. The van der Waals surface area contributed by atoms with Crippen LogP contribution in [0.3, 0.4) is 0 Å². The number of nitrogens with one attached hydrogen (secondary N) is 2. The summed E-state index contributed by atoms with van der Waals surface area (Å²) < 4.78 is 5.33. The van der Waals surface area contributed by atoms with E-state index in [-0.39, 0.29) is 6.03 Å². The first-order valence-electron chi connectivity index (χ1n) is 7.44. The number of nitrogens with zero attached hydrogens (tertiary/aromatic N) is 2. The Bertz CT molecular complexity index is 870. The molecule has 2 N–H and O–H groups in total. The Labute approximate surface area is 146 Å². The molecule has 0 radical (unpaired) electrons. The molecule has 0 aliphatic heterocycles. The van der Waals surface area contributed by atoms with Crippen LogP contribution in [0.2, 0.25) is 5.02 Å². The summed E-state index contributed by atoms with van der Waals surface area (Å²) in [5, 5.41) is 12.0. The number of halogens is 1. The van der Waals surface area contributed by atoms with Crippen molar-refractivity contribution in [1.82, 2.24) is 10.1 Å². The smallest absolute Gasteiger partial charge is 0.323 e. The summed E-state index contributed by atoms with van der Waals surface area (Å²) in [6.07, 6.45) is 2.22. The molecule has 0 bridgehead atoms. The second kappa shape index (κ2) is 6.26. The largest absolute Gasteiger partial charge is 0.333 e. The standard InChI is InChI=1S/C16H13ClN4O2S/c17-10-3-5-11(6-4-10)18-16(22)19-12-7-8-24-13(12)15-20-14(21-23-15)9-1-2-9/h3-9H,1-2H2,(H2,18,19,22). The van der Waals surface area contributed by atoms with E-state index in [0.717, 1.165) is 23.5 Å². The number of thiophene rings is 1. The van der Waals surface area contributed by atoms with Gasteiger partial charge in [-0.2, -0.15) is 4.98 Å². The van der Waals surface area contributed by atoms with Crippen LogP contribution < -0.4 is 10.6 Å². The molecule has 1 fully saturated rings. The van der Waals surface area contributed by atoms with Crippen molar-refractivity contribution in [3.05, 3.63) is 46.6 Å². The van der Waals surface area contributed by atoms with E-state index in [1.165, 1.54) is 11.3 Å². The molecule has 1 aromatic carbocycles. The SMILES string of the molecule is O=C(Nc1ccc(Cl)cc1)Nc1ccsc1-c1nc(C2CC2)no1. The zero-order valence-corrected chi connectivity index (χ0v) is 14.0. The van der Waals surface area contributed by atoms with Gasteiger partial charge in [-0.05, 0) is 48.6 Å². The summed E-state index contributed by atoms with van der Waals surface area (Å²) >= 11 is 7.27. The predicted molar refractivity (Wildman–Crippen MR) is 93.7 cm³/mol. The van der Waals surface area contributed by atoms with Gasteiger partial charge >= 0.3 is 6.03 Å². The molecule has 0 atom stereocenters. The van der Waals surface area contributed by atoms with Gasteiger partial charge in [-0.25, -0.2) is 4.79 Å². The van der Waals surface area contributed by atoms with E-state index in [2.05, 4.69) is 20.8 Å². The Morgan fingerprint density at radius 3 is 2.75 bits per heavy atom. The first-order valence-corrected chi connectivity index (χ1v) is 8.70. The molecule has 6 nitrogen and oxygen atoms in total. The molecule has 0 spiro atoms. The summed E-state index contributed by atoms with van der Waals surface area (Å²) in [6.45, 7) is 0. The fourth-order valence-electron chi connectivity index (χ4n) is 2.23. The van der Waals surface area contributed by atoms with Crippen molar-refractivity contribution in [3.8, 4) is 10.8 Å². The van der Waals surface area contributed by atoms with Crippen LogP contribution in [-0.4, -0.2) is 16.2 Å². The van der Waals surface area contributed by atoms with E-state index in [9.17, 15) is 4.79 Å². The van der Waals surface area contributed by atoms with Gasteiger partial charge in [-0.15, -0.1) is 11.3 Å². The Morgan fingerprint density at radius 1 is 1.21 bits per heavy atom. The van der Waals surface area contributed by atoms with E-state index < -0.39 is 0 Å². The summed E-state index contributed by atoms with van der Waals surface area (Å²) in [4.78, 5) is 17.3. The van der Waals surface area contributed by atoms with Crippen LogP contribution in [-0.2, 0) is 0 Å². The van der Waals surface area contributed by atoms with Gasteiger partial charge in [0, 0.05) is 16.6 Å². The number of carbonyl (C=O) groups is 1. The van der Waals surface area contributed by atoms with Gasteiger partial charge in [0.2, 0.25) is 0 Å². The molecule has 3 aromatic rings. The van der Waals surface area contributed by atoms with E-state index in [1.807, 2.05) is 11.4 Å². The predicted octanol–water partition coefficient (Wildman–Crippen LogP) is 4.97. The minimum absolute atomic E-state index is 0.348. The average molecular weight is 361 g/mol. The van der Waals surface area contributed by atoms with Gasteiger partial charge in [0.15, 0.2) is 5.82 Å². The molecule has 2 amide bonds. The summed E-state index contributed by atoms with van der Waals surface area (Å²) in [5.41, 5.74) is 1.29. The lowest BCUT2D eigenvalue weighted by Crippen LogP contribution is -2.19. The number of aromatic nitrogens is 2. The molecule has 0 unspecified atom stereocenters. The third kappa shape index (κ3) is 3.27. The van der Waals surface area contributed by atoms with Crippen molar-refractivity contribution < 1.29 is 9.32 Å². The van der Waals surface area contributed by atoms with Crippen LogP contribution in [0, 0.1) is 0 Å². The van der Waals surface area contributed by atoms with Gasteiger partial charge in [-0.1, -0.05) is 16.8 Å². The van der Waals surface area contributed by atoms with Gasteiger partial charge in [0.25, 0.3) is 5.89 Å². The fourth-order valence-corrected chi connectivity index (χ4v) is 3.12. The topological polar surface area (TPSA) is 80.0 Å². The lowest BCUT2D eigenvalue weighted by atomic mass is 10.3. The number of rotatable bonds is 4. The third-order valence-corrected chi connectivity index (χ3v) is 4.75. The van der Waals surface area contributed by atoms with Crippen LogP contribution in [0.15, 0.2) is 40.2 Å². The molecule has 1 aliphatic carbocycles. The number of anilines is 2. The average Bonchev–Trinajstić information content (AvgIpc) is 3.12. The van der Waals surface area contributed by atoms with E-state index in [1.54, 1.807) is 24.3 Å². The minimum Gasteiger partial charge on any atom is -0.333 e. The van der Waals surface area contributed by atoms with Crippen LogP contribution >= 0.6 is 22.9 Å². The van der Waals surface area contributed by atoms with Crippen molar-refractivity contribution in [3.63, 3.8) is 0 Å². The number of hydrogen-bond acceptors (Lipinski definition) is 5. The normalized spacial score (nSPS) is 13.7. The van der Waals surface area contributed by atoms with Crippen LogP contribution in [0.1, 0.15) is 24.6 Å². The molecule has 0 saturated heterocycles. The Hall–Kier alpha value is -2.38. The van der Waals surface area contributed by atoms with Crippen molar-refractivity contribution in [1.29, 1.82) is 0 Å². The first kappa shape index (κ1) is 15.2. The second-order valence-electron chi connectivity index (χ2n) is 5.48. The van der Waals surface area contributed by atoms with Crippen LogP contribution in [0.5, 0.6) is 0 Å². The lowest BCUT2D eigenvalue weighted by Gasteiger charge is -2.07. The number of urea groups is 1. The van der Waals surface area contributed by atoms with Gasteiger partial charge in [0.1, 0.15) is 4.88 Å². The second-order valence-corrected chi connectivity index (χ2v) is 6.83. The summed E-state index contributed by atoms with van der Waals surface area (Å²) in [7, 11) is 0. The van der Waals surface area contributed by atoms with Crippen molar-refractivity contribution in [2.75, 3.05) is 10.6 Å². The monoisotopic (exact) mass is 360 g/mol. The molecule has 24 heavy (non-hydrogen) atoms. The Kier molecular flexibility index (Phi) is 3.95. The molecule has 1 saturated carbocycles. The minimum atomic E-state index is -0.348. The number of hydrogen-bond donors (Lipinski definition) is 2. The highest BCUT2D eigenvalue weighted by atomic mass is 35.5. The third-order valence-electron chi connectivity index (χ3n) is 3.59. The molecule has 8 heteroatoms. The molecule has 2 aromatic heterocycles. The van der Waals surface area contributed by atoms with Gasteiger partial charge in [-0.3, -0.25) is 0 Å². The van der Waals surface area contributed by atoms with Crippen molar-refractivity contribution in [2.24, 2.45) is 0 Å². The van der Waals surface area contributed by atoms with E-state index in [4.69, 9.17) is 16.1 Å². The maximum absolute atomic E-state index is 12.2. The number of carbonyl (C=O) groups excluding carboxylic acids is 1. The zero-order valence-electron chi connectivity index (χ0n) is 12.5. The summed E-state index contributed by atoms with van der Waals surface area (Å²) in [6, 6.07) is 8.35. The van der Waals surface area contributed by atoms with E-state index >= 15 is 0 Å². The lowest BCUT2D eigenvalue weighted by molar-refractivity contribution is 0.262. The fraction of sp³-hybridized carbons (Fsp3) is 0.188. The number of benzene rings is 1. The quantitative estimate of drug-likeness (QED) is 0.688. The van der Waals surface area contributed by atoms with E-state index in [0.29, 0.717) is 28.2 Å². The molecule has 122 valence electrons. The maximum Gasteiger partial charge on any atom is 0.323 e. The zero-order chi connectivity index (χ0) is 16.5. The van der Waals surface area contributed by atoms with Crippen molar-refractivity contribution >= 4 is 40.3 Å².